The Bertz CT molecular complexity index is 1360. The van der Waals surface area contributed by atoms with E-state index in [0.717, 1.165) is 20.4 Å². The van der Waals surface area contributed by atoms with Gasteiger partial charge >= 0.3 is 12.1 Å². The number of carbonyl (C=O) groups excluding carboxylic acids is 3. The molecular weight excluding hydrogens is 574 g/mol. The average molecular weight is 618 g/mol. The average Bonchev–Trinajstić information content (AvgIpc) is 2.97. The van der Waals surface area contributed by atoms with Crippen LogP contribution in [0.3, 0.4) is 0 Å². The molecule has 11 nitrogen and oxygen atoms in total. The van der Waals surface area contributed by atoms with Crippen molar-refractivity contribution >= 4 is 28.0 Å². The molecule has 0 atom stereocenters. The van der Waals surface area contributed by atoms with Crippen LogP contribution in [0.25, 0.3) is 11.1 Å². The highest BCUT2D eigenvalue weighted by Crippen LogP contribution is 2.32. The van der Waals surface area contributed by atoms with Crippen molar-refractivity contribution in [1.29, 1.82) is 0 Å². The van der Waals surface area contributed by atoms with Crippen LogP contribution in [0.5, 0.6) is 5.75 Å². The van der Waals surface area contributed by atoms with Gasteiger partial charge in [-0.3, -0.25) is 14.6 Å². The molecule has 2 aromatic carbocycles. The second-order valence-electron chi connectivity index (χ2n) is 11.7. The maximum Gasteiger partial charge on any atom is 0.410 e. The fourth-order valence-electron chi connectivity index (χ4n) is 5.05. The Morgan fingerprint density at radius 1 is 0.860 bits per heavy atom. The van der Waals surface area contributed by atoms with Gasteiger partial charge in [0.15, 0.2) is 0 Å². The number of likely N-dealkylation sites (N-methyl/N-ethyl adjacent to an activating group) is 1. The summed E-state index contributed by atoms with van der Waals surface area (Å²) in [6.07, 6.45) is 1.79. The van der Waals surface area contributed by atoms with Crippen LogP contribution in [0, 0.1) is 5.92 Å². The number of nitrogens with zero attached hydrogens (tertiary/aromatic N) is 3. The van der Waals surface area contributed by atoms with Gasteiger partial charge in [0.2, 0.25) is 0 Å². The van der Waals surface area contributed by atoms with E-state index in [1.165, 1.54) is 38.3 Å². The lowest BCUT2D eigenvalue weighted by Crippen LogP contribution is -2.56. The van der Waals surface area contributed by atoms with E-state index >= 15 is 0 Å². The first kappa shape index (κ1) is 33.9. The van der Waals surface area contributed by atoms with E-state index in [-0.39, 0.29) is 29.7 Å². The Balaban J connectivity index is 1.85. The molecule has 12 heteroatoms. The first-order chi connectivity index (χ1) is 20.2. The van der Waals surface area contributed by atoms with Gasteiger partial charge < -0.3 is 19.1 Å². The largest absolute Gasteiger partial charge is 0.497 e. The first-order valence-corrected chi connectivity index (χ1v) is 15.7. The maximum atomic E-state index is 13.9. The molecule has 2 aromatic rings. The predicted octanol–water partition coefficient (Wildman–Crippen LogP) is 4.72. The fraction of sp³-hybridized carbons (Fsp3) is 0.516. The summed E-state index contributed by atoms with van der Waals surface area (Å²) >= 11 is 0. The van der Waals surface area contributed by atoms with Crippen LogP contribution in [0.15, 0.2) is 53.4 Å². The van der Waals surface area contributed by atoms with Crippen LogP contribution in [0.4, 0.5) is 4.79 Å². The highest BCUT2D eigenvalue weighted by molar-refractivity contribution is 7.89. The number of methoxy groups -OCH3 is 2. The smallest absolute Gasteiger partial charge is 0.410 e. The summed E-state index contributed by atoms with van der Waals surface area (Å²) in [5.74, 6) is -0.0673. The van der Waals surface area contributed by atoms with Gasteiger partial charge in [-0.15, -0.1) is 4.41 Å². The van der Waals surface area contributed by atoms with E-state index in [9.17, 15) is 22.8 Å². The summed E-state index contributed by atoms with van der Waals surface area (Å²) in [5.41, 5.74) is 0.952. The molecule has 0 radical (unpaired) electrons. The molecule has 0 saturated heterocycles. The normalized spacial score (nSPS) is 17.2. The molecule has 0 unspecified atom stereocenters. The van der Waals surface area contributed by atoms with Crippen molar-refractivity contribution in [2.75, 3.05) is 34.9 Å². The van der Waals surface area contributed by atoms with Gasteiger partial charge in [-0.2, -0.15) is 0 Å². The zero-order chi connectivity index (χ0) is 31.9. The predicted molar refractivity (Wildman–Crippen MR) is 161 cm³/mol. The Morgan fingerprint density at radius 2 is 1.40 bits per heavy atom. The molecule has 1 aliphatic rings. The lowest BCUT2D eigenvalue weighted by atomic mass is 9.84. The molecule has 0 N–H and O–H groups in total. The van der Waals surface area contributed by atoms with E-state index in [4.69, 9.17) is 14.2 Å². The maximum absolute atomic E-state index is 13.9. The third kappa shape index (κ3) is 8.93. The molecule has 0 spiro atoms. The number of sulfonamides is 1. The number of carbonyl (C=O) groups is 3. The van der Waals surface area contributed by atoms with Crippen LogP contribution in [-0.4, -0.2) is 87.2 Å². The van der Waals surface area contributed by atoms with Crippen LogP contribution >= 0.6 is 0 Å². The van der Waals surface area contributed by atoms with Crippen LogP contribution < -0.4 is 4.74 Å². The van der Waals surface area contributed by atoms with E-state index < -0.39 is 33.7 Å². The van der Waals surface area contributed by atoms with Crippen molar-refractivity contribution in [3.63, 3.8) is 0 Å². The van der Waals surface area contributed by atoms with E-state index in [1.807, 2.05) is 24.3 Å². The molecular formula is C31H43N3O8S. The Morgan fingerprint density at radius 3 is 1.88 bits per heavy atom. The Labute approximate surface area is 254 Å². The highest BCUT2D eigenvalue weighted by Gasteiger charge is 2.38. The molecule has 3 rings (SSSR count). The van der Waals surface area contributed by atoms with E-state index in [0.29, 0.717) is 31.4 Å². The number of esters is 1. The van der Waals surface area contributed by atoms with Gasteiger partial charge in [0.05, 0.1) is 19.1 Å². The van der Waals surface area contributed by atoms with Crippen molar-refractivity contribution in [2.45, 2.75) is 69.4 Å². The van der Waals surface area contributed by atoms with Gasteiger partial charge in [-0.25, -0.2) is 13.2 Å². The number of rotatable bonds is 10. The van der Waals surface area contributed by atoms with Crippen molar-refractivity contribution < 1.29 is 37.0 Å². The minimum Gasteiger partial charge on any atom is -0.497 e. The lowest BCUT2D eigenvalue weighted by Gasteiger charge is -2.41. The SMILES string of the molecule is COC(=O)CC1CCC(N(C(=O)CN(C)C(=O)OC(C)(C)C)N(C)S(=O)(=O)c2ccc(-c3ccc(OC)cc3)cc2)CC1. The summed E-state index contributed by atoms with van der Waals surface area (Å²) in [7, 11) is 1.56. The second-order valence-corrected chi connectivity index (χ2v) is 13.7. The minimum absolute atomic E-state index is 0.0185. The number of ether oxygens (including phenoxy) is 3. The van der Waals surface area contributed by atoms with Crippen molar-refractivity contribution in [3.05, 3.63) is 48.5 Å². The zero-order valence-corrected chi connectivity index (χ0v) is 26.8. The monoisotopic (exact) mass is 617 g/mol. The summed E-state index contributed by atoms with van der Waals surface area (Å²) in [5, 5.41) is 1.24. The minimum atomic E-state index is -4.15. The van der Waals surface area contributed by atoms with Gasteiger partial charge in [0.1, 0.15) is 17.9 Å². The summed E-state index contributed by atoms with van der Waals surface area (Å²) in [4.78, 5) is 39.3. The third-order valence-electron chi connectivity index (χ3n) is 7.41. The zero-order valence-electron chi connectivity index (χ0n) is 26.0. The molecule has 0 aliphatic heterocycles. The second kappa shape index (κ2) is 14.2. The van der Waals surface area contributed by atoms with Gasteiger partial charge in [0.25, 0.3) is 15.9 Å². The molecule has 43 heavy (non-hydrogen) atoms. The number of hydrogen-bond donors (Lipinski definition) is 0. The van der Waals surface area contributed by atoms with Gasteiger partial charge in [-0.05, 0) is 87.8 Å². The molecule has 0 aromatic heterocycles. The van der Waals surface area contributed by atoms with Gasteiger partial charge in [0, 0.05) is 26.6 Å². The van der Waals surface area contributed by atoms with E-state index in [1.54, 1.807) is 40.0 Å². The quantitative estimate of drug-likeness (QED) is 0.277. The molecule has 236 valence electrons. The number of amides is 2. The van der Waals surface area contributed by atoms with Crippen molar-refractivity contribution in [1.82, 2.24) is 14.3 Å². The fourth-order valence-corrected chi connectivity index (χ4v) is 6.30. The topological polar surface area (TPSA) is 123 Å². The lowest BCUT2D eigenvalue weighted by molar-refractivity contribution is -0.148. The summed E-state index contributed by atoms with van der Waals surface area (Å²) in [6, 6.07) is 13.4. The molecule has 1 aliphatic carbocycles. The van der Waals surface area contributed by atoms with Crippen molar-refractivity contribution in [3.8, 4) is 16.9 Å². The summed E-state index contributed by atoms with van der Waals surface area (Å²) < 4.78 is 44.1. The summed E-state index contributed by atoms with van der Waals surface area (Å²) in [6.45, 7) is 4.78. The van der Waals surface area contributed by atoms with Crippen molar-refractivity contribution in [2.24, 2.45) is 5.92 Å². The number of hydrazine groups is 1. The Kier molecular flexibility index (Phi) is 11.2. The Hall–Kier alpha value is -3.64. The van der Waals surface area contributed by atoms with Crippen LogP contribution in [-0.2, 0) is 29.1 Å². The molecule has 1 saturated carbocycles. The molecule has 1 fully saturated rings. The molecule has 2 amide bonds. The highest BCUT2D eigenvalue weighted by atomic mass is 32.2. The van der Waals surface area contributed by atoms with Gasteiger partial charge in [-0.1, -0.05) is 24.3 Å². The van der Waals surface area contributed by atoms with Crippen LogP contribution in [0.1, 0.15) is 52.9 Å². The number of benzene rings is 2. The number of hydrogen-bond acceptors (Lipinski definition) is 8. The molecule has 0 heterocycles. The standard InChI is InChI=1S/C31H43N3O8S/c1-31(2,3)42-30(37)32(4)21-28(35)34(25-14-8-22(9-15-25)20-29(36)41-7)33(5)43(38,39)27-18-12-24(13-19-27)23-10-16-26(40-6)17-11-23/h10-13,16-19,22,25H,8-9,14-15,20-21H2,1-7H3. The first-order valence-electron chi connectivity index (χ1n) is 14.2. The third-order valence-corrected chi connectivity index (χ3v) is 9.14. The van der Waals surface area contributed by atoms with Crippen LogP contribution in [0.2, 0.25) is 0 Å². The molecule has 0 bridgehead atoms. The van der Waals surface area contributed by atoms with E-state index in [2.05, 4.69) is 0 Å².